The lowest BCUT2D eigenvalue weighted by molar-refractivity contribution is -0.114. The van der Waals surface area contributed by atoms with Crippen LogP contribution in [0.3, 0.4) is 0 Å². The number of carbonyl (C=O) groups is 1. The minimum Gasteiger partial charge on any atom is -0.376 e. The number of aromatic nitrogens is 2. The number of rotatable bonds is 4. The summed E-state index contributed by atoms with van der Waals surface area (Å²) in [7, 11) is -2.64. The number of halogens is 1. The SMILES string of the molecule is CC(=O)Nc1ccccc1OS(=O)(=O)c1ncn(C)c1Cl. The molecule has 0 unspecified atom stereocenters. The van der Waals surface area contributed by atoms with E-state index in [2.05, 4.69) is 10.3 Å². The lowest BCUT2D eigenvalue weighted by Crippen LogP contribution is -2.13. The molecule has 0 atom stereocenters. The fourth-order valence-corrected chi connectivity index (χ4v) is 2.91. The summed E-state index contributed by atoms with van der Waals surface area (Å²) in [5, 5.41) is 2.03. The quantitative estimate of drug-likeness (QED) is 0.864. The third kappa shape index (κ3) is 3.34. The fourth-order valence-electron chi connectivity index (χ4n) is 1.55. The first-order valence-electron chi connectivity index (χ1n) is 5.79. The third-order valence-electron chi connectivity index (χ3n) is 2.47. The zero-order valence-electron chi connectivity index (χ0n) is 11.2. The highest BCUT2D eigenvalue weighted by Crippen LogP contribution is 2.28. The number of hydrogen-bond acceptors (Lipinski definition) is 5. The summed E-state index contributed by atoms with van der Waals surface area (Å²) < 4.78 is 30.7. The number of amides is 1. The van der Waals surface area contributed by atoms with Gasteiger partial charge in [-0.15, -0.1) is 0 Å². The van der Waals surface area contributed by atoms with E-state index >= 15 is 0 Å². The first-order chi connectivity index (χ1) is 9.81. The molecule has 0 aliphatic carbocycles. The molecule has 0 fully saturated rings. The second kappa shape index (κ2) is 5.74. The van der Waals surface area contributed by atoms with Gasteiger partial charge in [-0.05, 0) is 12.1 Å². The largest absolute Gasteiger partial charge is 0.376 e. The number of carbonyl (C=O) groups excluding carboxylic acids is 1. The van der Waals surface area contributed by atoms with Crippen molar-refractivity contribution >= 4 is 33.3 Å². The van der Waals surface area contributed by atoms with Crippen LogP contribution in [0.5, 0.6) is 5.75 Å². The molecule has 21 heavy (non-hydrogen) atoms. The summed E-state index contributed by atoms with van der Waals surface area (Å²) in [6.45, 7) is 1.31. The molecule has 0 spiro atoms. The van der Waals surface area contributed by atoms with Gasteiger partial charge in [0.25, 0.3) is 0 Å². The van der Waals surface area contributed by atoms with Crippen molar-refractivity contribution in [2.45, 2.75) is 11.9 Å². The third-order valence-corrected chi connectivity index (χ3v) is 4.20. The van der Waals surface area contributed by atoms with Crippen LogP contribution in [0, 0.1) is 0 Å². The number of nitrogens with zero attached hydrogens (tertiary/aromatic N) is 2. The van der Waals surface area contributed by atoms with Gasteiger partial charge in [-0.25, -0.2) is 4.98 Å². The maximum Gasteiger partial charge on any atom is 0.360 e. The van der Waals surface area contributed by atoms with Crippen LogP contribution >= 0.6 is 11.6 Å². The van der Waals surface area contributed by atoms with Crippen LogP contribution in [0.15, 0.2) is 35.6 Å². The minimum atomic E-state index is -4.20. The van der Waals surface area contributed by atoms with Gasteiger partial charge in [0.15, 0.2) is 10.9 Å². The Kier molecular flexibility index (Phi) is 4.19. The van der Waals surface area contributed by atoms with Crippen molar-refractivity contribution in [3.63, 3.8) is 0 Å². The summed E-state index contributed by atoms with van der Waals surface area (Å²) in [6.07, 6.45) is 1.26. The van der Waals surface area contributed by atoms with Crippen LogP contribution in [0.1, 0.15) is 6.92 Å². The molecule has 0 saturated carbocycles. The molecule has 112 valence electrons. The second-order valence-electron chi connectivity index (χ2n) is 4.17. The van der Waals surface area contributed by atoms with E-state index in [0.29, 0.717) is 0 Å². The van der Waals surface area contributed by atoms with Gasteiger partial charge in [0.1, 0.15) is 0 Å². The number of nitrogens with one attached hydrogen (secondary N) is 1. The minimum absolute atomic E-state index is 0.0191. The Labute approximate surface area is 126 Å². The highest BCUT2D eigenvalue weighted by molar-refractivity contribution is 7.87. The molecule has 2 rings (SSSR count). The maximum absolute atomic E-state index is 12.2. The van der Waals surface area contributed by atoms with Crippen molar-refractivity contribution < 1.29 is 17.4 Å². The summed E-state index contributed by atoms with van der Waals surface area (Å²) >= 11 is 5.86. The van der Waals surface area contributed by atoms with E-state index in [1.54, 1.807) is 19.2 Å². The van der Waals surface area contributed by atoms with E-state index in [-0.39, 0.29) is 27.5 Å². The van der Waals surface area contributed by atoms with Crippen LogP contribution < -0.4 is 9.50 Å². The number of benzene rings is 1. The van der Waals surface area contributed by atoms with Gasteiger partial charge in [-0.1, -0.05) is 23.7 Å². The molecular formula is C12H12ClN3O4S. The molecule has 1 heterocycles. The molecule has 9 heteroatoms. The molecule has 2 aromatic rings. The van der Waals surface area contributed by atoms with Gasteiger partial charge in [-0.3, -0.25) is 4.79 Å². The average Bonchev–Trinajstić information content (AvgIpc) is 2.72. The summed E-state index contributed by atoms with van der Waals surface area (Å²) in [4.78, 5) is 14.8. The normalized spacial score (nSPS) is 11.2. The van der Waals surface area contributed by atoms with Gasteiger partial charge in [0, 0.05) is 14.0 Å². The standard InChI is InChI=1S/C12H12ClN3O4S/c1-8(17)15-9-5-3-4-6-10(9)20-21(18,19)12-11(13)16(2)7-14-12/h3-7H,1-2H3,(H,15,17). The van der Waals surface area contributed by atoms with Gasteiger partial charge in [-0.2, -0.15) is 8.42 Å². The molecular weight excluding hydrogens is 318 g/mol. The van der Waals surface area contributed by atoms with Crippen molar-refractivity contribution in [1.29, 1.82) is 0 Å². The fraction of sp³-hybridized carbons (Fsp3) is 0.167. The lowest BCUT2D eigenvalue weighted by Gasteiger charge is -2.10. The first kappa shape index (κ1) is 15.3. The highest BCUT2D eigenvalue weighted by Gasteiger charge is 2.25. The summed E-state index contributed by atoms with van der Waals surface area (Å²) in [6, 6.07) is 6.15. The molecule has 1 N–H and O–H groups in total. The lowest BCUT2D eigenvalue weighted by atomic mass is 10.3. The molecule has 1 aromatic carbocycles. The monoisotopic (exact) mass is 329 g/mol. The van der Waals surface area contributed by atoms with E-state index in [9.17, 15) is 13.2 Å². The van der Waals surface area contributed by atoms with Crippen LogP contribution in [-0.2, 0) is 22.0 Å². The number of imidazole rings is 1. The van der Waals surface area contributed by atoms with Crippen LogP contribution in [0.25, 0.3) is 0 Å². The Balaban J connectivity index is 2.38. The average molecular weight is 330 g/mol. The van der Waals surface area contributed by atoms with Crippen molar-refractivity contribution in [3.8, 4) is 5.75 Å². The summed E-state index contributed by atoms with van der Waals surface area (Å²) in [5.74, 6) is -0.367. The predicted molar refractivity (Wildman–Crippen MR) is 76.8 cm³/mol. The predicted octanol–water partition coefficient (Wildman–Crippen LogP) is 1.80. The van der Waals surface area contributed by atoms with Gasteiger partial charge in [0.05, 0.1) is 12.0 Å². The molecule has 0 radical (unpaired) electrons. The Bertz CT molecular complexity index is 786. The van der Waals surface area contributed by atoms with E-state index in [1.165, 1.54) is 30.0 Å². The van der Waals surface area contributed by atoms with Crippen molar-refractivity contribution in [3.05, 3.63) is 35.7 Å². The van der Waals surface area contributed by atoms with E-state index in [4.69, 9.17) is 15.8 Å². The van der Waals surface area contributed by atoms with Crippen molar-refractivity contribution in [1.82, 2.24) is 9.55 Å². The van der Waals surface area contributed by atoms with Crippen molar-refractivity contribution in [2.24, 2.45) is 7.05 Å². The van der Waals surface area contributed by atoms with Crippen molar-refractivity contribution in [2.75, 3.05) is 5.32 Å². The number of para-hydroxylation sites is 2. The molecule has 7 nitrogen and oxygen atoms in total. The molecule has 1 amide bonds. The van der Waals surface area contributed by atoms with Gasteiger partial charge in [0.2, 0.25) is 10.9 Å². The van der Waals surface area contributed by atoms with Crippen LogP contribution in [-0.4, -0.2) is 23.9 Å². The van der Waals surface area contributed by atoms with Crippen LogP contribution in [0.2, 0.25) is 5.15 Å². The Hall–Kier alpha value is -2.06. The molecule has 0 bridgehead atoms. The summed E-state index contributed by atoms with van der Waals surface area (Å²) in [5.41, 5.74) is 0.237. The van der Waals surface area contributed by atoms with Gasteiger partial charge < -0.3 is 14.1 Å². The van der Waals surface area contributed by atoms with E-state index in [0.717, 1.165) is 0 Å². The Morgan fingerprint density at radius 2 is 2.05 bits per heavy atom. The number of hydrogen-bond donors (Lipinski definition) is 1. The smallest absolute Gasteiger partial charge is 0.360 e. The Morgan fingerprint density at radius 1 is 1.38 bits per heavy atom. The topological polar surface area (TPSA) is 90.3 Å². The zero-order valence-corrected chi connectivity index (χ0v) is 12.8. The highest BCUT2D eigenvalue weighted by atomic mass is 35.5. The second-order valence-corrected chi connectivity index (χ2v) is 5.99. The number of anilines is 1. The van der Waals surface area contributed by atoms with Gasteiger partial charge >= 0.3 is 10.1 Å². The molecule has 0 saturated heterocycles. The maximum atomic E-state index is 12.2. The first-order valence-corrected chi connectivity index (χ1v) is 7.58. The molecule has 0 aliphatic heterocycles. The van der Waals surface area contributed by atoms with E-state index < -0.39 is 10.1 Å². The van der Waals surface area contributed by atoms with E-state index in [1.807, 2.05) is 0 Å². The molecule has 1 aromatic heterocycles. The zero-order chi connectivity index (χ0) is 15.6. The Morgan fingerprint density at radius 3 is 2.62 bits per heavy atom. The van der Waals surface area contributed by atoms with Crippen LogP contribution in [0.4, 0.5) is 5.69 Å². The number of aryl methyl sites for hydroxylation is 1. The molecule has 0 aliphatic rings.